The Morgan fingerprint density at radius 1 is 0.630 bits per heavy atom. The van der Waals surface area contributed by atoms with E-state index in [1.54, 1.807) is 0 Å². The van der Waals surface area contributed by atoms with Crippen LogP contribution in [0.2, 0.25) is 0 Å². The molecular weight excluding hydrogens is 326 g/mol. The second-order valence-corrected chi connectivity index (χ2v) is 7.74. The van der Waals surface area contributed by atoms with E-state index in [0.717, 1.165) is 12.1 Å². The van der Waals surface area contributed by atoms with Gasteiger partial charge in [-0.05, 0) is 62.2 Å². The van der Waals surface area contributed by atoms with Crippen LogP contribution in [0.5, 0.6) is 0 Å². The number of anilines is 1. The van der Waals surface area contributed by atoms with Gasteiger partial charge in [-0.1, -0.05) is 80.8 Å². The highest BCUT2D eigenvalue weighted by molar-refractivity contribution is 6.35. The number of nitrogen functional groups attached to an aromatic ring is 1. The number of unbranched alkanes of at least 4 members (excludes halogenated alkanes) is 3. The molecule has 1 nitrogen and oxygen atoms in total. The topological polar surface area (TPSA) is 26.0 Å². The third-order valence-corrected chi connectivity index (χ3v) is 6.07. The Kier molecular flexibility index (Phi) is 3.89. The van der Waals surface area contributed by atoms with Crippen LogP contribution in [0.15, 0.2) is 60.7 Å². The maximum atomic E-state index is 6.52. The van der Waals surface area contributed by atoms with Crippen LogP contribution in [0.25, 0.3) is 43.1 Å². The minimum Gasteiger partial charge on any atom is -0.398 e. The third-order valence-electron chi connectivity index (χ3n) is 6.07. The van der Waals surface area contributed by atoms with Gasteiger partial charge in [-0.15, -0.1) is 0 Å². The average molecular weight is 351 g/mol. The first kappa shape index (κ1) is 16.4. The predicted octanol–water partition coefficient (Wildman–Crippen LogP) is 7.44. The van der Waals surface area contributed by atoms with Crippen LogP contribution in [0, 0.1) is 0 Å². The lowest BCUT2D eigenvalue weighted by Crippen LogP contribution is -1.95. The quantitative estimate of drug-likeness (QED) is 0.151. The summed E-state index contributed by atoms with van der Waals surface area (Å²) < 4.78 is 0. The Hall–Kier alpha value is -2.80. The zero-order chi connectivity index (χ0) is 18.4. The Bertz CT molecular complexity index is 1260. The van der Waals surface area contributed by atoms with Crippen molar-refractivity contribution >= 4 is 48.8 Å². The lowest BCUT2D eigenvalue weighted by Gasteiger charge is -2.17. The summed E-state index contributed by atoms with van der Waals surface area (Å²) in [5.74, 6) is 0. The van der Waals surface area contributed by atoms with Gasteiger partial charge < -0.3 is 5.73 Å². The van der Waals surface area contributed by atoms with E-state index in [2.05, 4.69) is 67.6 Å². The van der Waals surface area contributed by atoms with Gasteiger partial charge in [-0.2, -0.15) is 0 Å². The monoisotopic (exact) mass is 351 g/mol. The summed E-state index contributed by atoms with van der Waals surface area (Å²) >= 11 is 0. The van der Waals surface area contributed by atoms with Gasteiger partial charge in [0.2, 0.25) is 0 Å². The van der Waals surface area contributed by atoms with E-state index in [-0.39, 0.29) is 0 Å². The molecule has 0 radical (unpaired) electrons. The van der Waals surface area contributed by atoms with E-state index in [0.29, 0.717) is 0 Å². The van der Waals surface area contributed by atoms with Gasteiger partial charge in [0.25, 0.3) is 0 Å². The lowest BCUT2D eigenvalue weighted by molar-refractivity contribution is 0.668. The Morgan fingerprint density at radius 2 is 1.37 bits per heavy atom. The van der Waals surface area contributed by atoms with Crippen LogP contribution >= 0.6 is 0 Å². The number of hydrogen-bond donors (Lipinski definition) is 1. The van der Waals surface area contributed by atoms with Gasteiger partial charge >= 0.3 is 0 Å². The molecule has 0 spiro atoms. The Morgan fingerprint density at radius 3 is 2.19 bits per heavy atom. The smallest absolute Gasteiger partial charge is 0.0400 e. The molecule has 27 heavy (non-hydrogen) atoms. The van der Waals surface area contributed by atoms with Crippen molar-refractivity contribution in [3.63, 3.8) is 0 Å². The number of rotatable bonds is 5. The number of benzene rings is 5. The predicted molar refractivity (Wildman–Crippen MR) is 120 cm³/mol. The van der Waals surface area contributed by atoms with Gasteiger partial charge in [0.1, 0.15) is 0 Å². The molecular formula is C26H25N. The molecule has 5 aromatic carbocycles. The van der Waals surface area contributed by atoms with E-state index < -0.39 is 0 Å². The van der Waals surface area contributed by atoms with Crippen molar-refractivity contribution in [2.75, 3.05) is 5.73 Å². The third kappa shape index (κ3) is 2.45. The summed E-state index contributed by atoms with van der Waals surface area (Å²) in [5, 5.41) is 10.5. The standard InChI is InChI=1S/C26H25N/c1-2-3-4-5-8-17-13-14-21-20-11-6-9-18-10-7-12-22(24(18)20)26-23(27)16-15-19(17)25(21)26/h6-7,9-16H,2-5,8,27H2,1H3. The molecule has 0 saturated heterocycles. The van der Waals surface area contributed by atoms with E-state index >= 15 is 0 Å². The summed E-state index contributed by atoms with van der Waals surface area (Å²) in [6, 6.07) is 22.2. The largest absolute Gasteiger partial charge is 0.398 e. The molecule has 0 aliphatic rings. The van der Waals surface area contributed by atoms with Crippen molar-refractivity contribution < 1.29 is 0 Å². The first-order chi connectivity index (χ1) is 13.3. The molecule has 134 valence electrons. The second kappa shape index (κ2) is 6.42. The fourth-order valence-electron chi connectivity index (χ4n) is 4.77. The molecule has 5 rings (SSSR count). The zero-order valence-corrected chi connectivity index (χ0v) is 15.9. The second-order valence-electron chi connectivity index (χ2n) is 7.74. The molecule has 5 aromatic rings. The number of nitrogens with two attached hydrogens (primary N) is 1. The fourth-order valence-corrected chi connectivity index (χ4v) is 4.77. The Labute approximate surface area is 160 Å². The highest BCUT2D eigenvalue weighted by atomic mass is 14.6. The molecule has 0 heterocycles. The first-order valence-corrected chi connectivity index (χ1v) is 10.2. The molecule has 0 aliphatic carbocycles. The van der Waals surface area contributed by atoms with E-state index in [1.165, 1.54) is 74.3 Å². The molecule has 0 saturated carbocycles. The molecule has 0 fully saturated rings. The van der Waals surface area contributed by atoms with Crippen molar-refractivity contribution in [1.29, 1.82) is 0 Å². The summed E-state index contributed by atoms with van der Waals surface area (Å²) in [5.41, 5.74) is 8.86. The van der Waals surface area contributed by atoms with Crippen LogP contribution in [0.4, 0.5) is 5.69 Å². The summed E-state index contributed by atoms with van der Waals surface area (Å²) in [6.07, 6.45) is 6.31. The molecule has 1 heteroatoms. The maximum Gasteiger partial charge on any atom is 0.0400 e. The van der Waals surface area contributed by atoms with E-state index in [1.807, 2.05) is 0 Å². The van der Waals surface area contributed by atoms with Crippen LogP contribution < -0.4 is 5.73 Å². The Balaban J connectivity index is 1.86. The average Bonchev–Trinajstić information content (AvgIpc) is 2.70. The van der Waals surface area contributed by atoms with E-state index in [4.69, 9.17) is 5.73 Å². The molecule has 2 N–H and O–H groups in total. The summed E-state index contributed by atoms with van der Waals surface area (Å²) in [6.45, 7) is 2.27. The SMILES string of the molecule is CCCCCCc1ccc2c3cccc4cccc(c5c(N)ccc1c25)c43. The van der Waals surface area contributed by atoms with Gasteiger partial charge in [0, 0.05) is 11.1 Å². The highest BCUT2D eigenvalue weighted by Crippen LogP contribution is 2.43. The highest BCUT2D eigenvalue weighted by Gasteiger charge is 2.16. The van der Waals surface area contributed by atoms with Crippen LogP contribution in [-0.2, 0) is 6.42 Å². The molecule has 0 unspecified atom stereocenters. The molecule has 0 atom stereocenters. The van der Waals surface area contributed by atoms with Crippen molar-refractivity contribution in [1.82, 2.24) is 0 Å². The first-order valence-electron chi connectivity index (χ1n) is 10.2. The fraction of sp³-hybridized carbons (Fsp3) is 0.231. The normalized spacial score (nSPS) is 12.0. The molecule has 0 amide bonds. The number of aryl methyl sites for hydroxylation is 1. The van der Waals surface area contributed by atoms with Gasteiger partial charge in [0.15, 0.2) is 0 Å². The van der Waals surface area contributed by atoms with Crippen LogP contribution in [0.3, 0.4) is 0 Å². The van der Waals surface area contributed by atoms with Crippen molar-refractivity contribution in [2.24, 2.45) is 0 Å². The minimum atomic E-state index is 0.883. The minimum absolute atomic E-state index is 0.883. The zero-order valence-electron chi connectivity index (χ0n) is 15.9. The lowest BCUT2D eigenvalue weighted by atomic mass is 9.87. The van der Waals surface area contributed by atoms with Crippen molar-refractivity contribution in [3.05, 3.63) is 66.2 Å². The van der Waals surface area contributed by atoms with Crippen molar-refractivity contribution in [3.8, 4) is 0 Å². The number of hydrogen-bond acceptors (Lipinski definition) is 1. The van der Waals surface area contributed by atoms with Gasteiger partial charge in [0.05, 0.1) is 0 Å². The number of fused-ring (bicyclic) bond motifs is 2. The van der Waals surface area contributed by atoms with Crippen molar-refractivity contribution in [2.45, 2.75) is 39.0 Å². The van der Waals surface area contributed by atoms with E-state index in [9.17, 15) is 0 Å². The molecule has 0 aliphatic heterocycles. The van der Waals surface area contributed by atoms with Crippen LogP contribution in [0.1, 0.15) is 38.2 Å². The maximum absolute atomic E-state index is 6.52. The van der Waals surface area contributed by atoms with Crippen LogP contribution in [-0.4, -0.2) is 0 Å². The van der Waals surface area contributed by atoms with Gasteiger partial charge in [-0.25, -0.2) is 0 Å². The summed E-state index contributed by atoms with van der Waals surface area (Å²) in [7, 11) is 0. The molecule has 0 aromatic heterocycles. The van der Waals surface area contributed by atoms with Gasteiger partial charge in [-0.3, -0.25) is 0 Å². The summed E-state index contributed by atoms with van der Waals surface area (Å²) in [4.78, 5) is 0. The molecule has 0 bridgehead atoms.